The molecule has 2 aromatic rings. The van der Waals surface area contributed by atoms with Crippen LogP contribution in [0.5, 0.6) is 0 Å². The summed E-state index contributed by atoms with van der Waals surface area (Å²) in [6, 6.07) is 7.45. The van der Waals surface area contributed by atoms with E-state index in [1.54, 1.807) is 0 Å². The zero-order chi connectivity index (χ0) is 18.9. The van der Waals surface area contributed by atoms with Crippen LogP contribution in [0.4, 0.5) is 0 Å². The molecular formula is C16H21N3O5S2. The third-order valence-electron chi connectivity index (χ3n) is 4.37. The van der Waals surface area contributed by atoms with E-state index in [2.05, 4.69) is 10.2 Å². The van der Waals surface area contributed by atoms with E-state index in [9.17, 15) is 16.8 Å². The van der Waals surface area contributed by atoms with Crippen LogP contribution >= 0.6 is 0 Å². The molecule has 0 amide bonds. The summed E-state index contributed by atoms with van der Waals surface area (Å²) in [6.45, 7) is 2.61. The Hall–Kier alpha value is -1.78. The van der Waals surface area contributed by atoms with Gasteiger partial charge in [0.05, 0.1) is 5.75 Å². The third kappa shape index (κ3) is 4.30. The maximum atomic E-state index is 12.6. The van der Waals surface area contributed by atoms with E-state index in [1.807, 2.05) is 31.2 Å². The maximum Gasteiger partial charge on any atom is 0.335 e. The summed E-state index contributed by atoms with van der Waals surface area (Å²) >= 11 is 0. The molecule has 1 aromatic heterocycles. The molecule has 0 N–H and O–H groups in total. The molecular weight excluding hydrogens is 378 g/mol. The van der Waals surface area contributed by atoms with Crippen LogP contribution in [0.3, 0.4) is 0 Å². The predicted molar refractivity (Wildman–Crippen MR) is 94.8 cm³/mol. The highest BCUT2D eigenvalue weighted by Gasteiger charge is 2.31. The van der Waals surface area contributed by atoms with Crippen molar-refractivity contribution < 1.29 is 21.3 Å². The fourth-order valence-corrected chi connectivity index (χ4v) is 5.00. The largest absolute Gasteiger partial charge is 0.412 e. The second-order valence-corrected chi connectivity index (χ2v) is 10.5. The van der Waals surface area contributed by atoms with Gasteiger partial charge in [0.1, 0.15) is 0 Å². The van der Waals surface area contributed by atoms with Crippen molar-refractivity contribution in [3.63, 3.8) is 0 Å². The van der Waals surface area contributed by atoms with Gasteiger partial charge in [0.25, 0.3) is 0 Å². The van der Waals surface area contributed by atoms with E-state index in [-0.39, 0.29) is 17.6 Å². The lowest BCUT2D eigenvalue weighted by molar-refractivity contribution is 0.278. The number of aromatic nitrogens is 2. The predicted octanol–water partition coefficient (Wildman–Crippen LogP) is 1.49. The Morgan fingerprint density at radius 1 is 1.15 bits per heavy atom. The van der Waals surface area contributed by atoms with Crippen molar-refractivity contribution in [1.29, 1.82) is 0 Å². The van der Waals surface area contributed by atoms with Gasteiger partial charge < -0.3 is 4.42 Å². The fraction of sp³-hybridized carbons (Fsp3) is 0.500. The van der Waals surface area contributed by atoms with Crippen LogP contribution in [-0.4, -0.2) is 50.7 Å². The van der Waals surface area contributed by atoms with E-state index in [0.29, 0.717) is 25.9 Å². The Morgan fingerprint density at radius 2 is 1.85 bits per heavy atom. The van der Waals surface area contributed by atoms with Gasteiger partial charge in [0.2, 0.25) is 25.8 Å². The van der Waals surface area contributed by atoms with Gasteiger partial charge in [-0.1, -0.05) is 34.9 Å². The summed E-state index contributed by atoms with van der Waals surface area (Å²) < 4.78 is 54.8. The van der Waals surface area contributed by atoms with Gasteiger partial charge in [-0.3, -0.25) is 0 Å². The van der Waals surface area contributed by atoms with Gasteiger partial charge in [-0.05, 0) is 25.3 Å². The number of sulfone groups is 1. The topological polar surface area (TPSA) is 110 Å². The second kappa shape index (κ2) is 7.09. The Bertz CT molecular complexity index is 990. The van der Waals surface area contributed by atoms with Crippen LogP contribution in [0, 0.1) is 6.92 Å². The number of benzene rings is 1. The average Bonchev–Trinajstić information content (AvgIpc) is 3.05. The third-order valence-corrected chi connectivity index (χ3v) is 7.02. The zero-order valence-electron chi connectivity index (χ0n) is 14.6. The number of nitrogens with zero attached hydrogens (tertiary/aromatic N) is 3. The summed E-state index contributed by atoms with van der Waals surface area (Å²) in [6.07, 6.45) is 2.03. The highest BCUT2D eigenvalue weighted by molar-refractivity contribution is 7.90. The molecule has 2 heterocycles. The Balaban J connectivity index is 1.65. The monoisotopic (exact) mass is 399 g/mol. The number of rotatable bonds is 5. The molecule has 10 heteroatoms. The van der Waals surface area contributed by atoms with Crippen LogP contribution in [0.1, 0.15) is 35.8 Å². The van der Waals surface area contributed by atoms with Crippen molar-refractivity contribution in [1.82, 2.24) is 14.5 Å². The molecule has 1 aromatic carbocycles. The van der Waals surface area contributed by atoms with E-state index >= 15 is 0 Å². The minimum absolute atomic E-state index is 0.0296. The molecule has 0 unspecified atom stereocenters. The molecule has 1 saturated heterocycles. The molecule has 1 aliphatic heterocycles. The lowest BCUT2D eigenvalue weighted by Gasteiger charge is -2.29. The second-order valence-electron chi connectivity index (χ2n) is 6.60. The van der Waals surface area contributed by atoms with Crippen molar-refractivity contribution in [2.24, 2.45) is 0 Å². The molecule has 1 aliphatic rings. The van der Waals surface area contributed by atoms with Gasteiger partial charge in [-0.2, -0.15) is 0 Å². The Labute approximate surface area is 153 Å². The molecule has 0 aliphatic carbocycles. The summed E-state index contributed by atoms with van der Waals surface area (Å²) in [5.74, 6) is 0.0857. The zero-order valence-corrected chi connectivity index (χ0v) is 16.3. The molecule has 0 radical (unpaired) electrons. The summed E-state index contributed by atoms with van der Waals surface area (Å²) in [7, 11) is -6.95. The quantitative estimate of drug-likeness (QED) is 0.749. The standard InChI is InChI=1S/C16H21N3O5S2/c1-12-4-3-5-13(10-12)11-26(22,23)19-8-6-14(7-9-19)15-17-18-16(24-15)25(2,20)21/h3-5,10,14H,6-9,11H2,1-2H3. The summed E-state index contributed by atoms with van der Waals surface area (Å²) in [4.78, 5) is 0. The molecule has 0 spiro atoms. The SMILES string of the molecule is Cc1cccc(CS(=O)(=O)N2CCC(c3nnc(S(C)(=O)=O)o3)CC2)c1. The molecule has 142 valence electrons. The fourth-order valence-electron chi connectivity index (χ4n) is 3.02. The lowest BCUT2D eigenvalue weighted by atomic mass is 9.98. The molecule has 3 rings (SSSR count). The van der Waals surface area contributed by atoms with Crippen LogP contribution in [0.15, 0.2) is 33.9 Å². The maximum absolute atomic E-state index is 12.6. The number of piperidine rings is 1. The molecule has 1 fully saturated rings. The summed E-state index contributed by atoms with van der Waals surface area (Å²) in [5.41, 5.74) is 1.79. The van der Waals surface area contributed by atoms with Crippen LogP contribution in [-0.2, 0) is 25.6 Å². The van der Waals surface area contributed by atoms with Crippen LogP contribution in [0.25, 0.3) is 0 Å². The van der Waals surface area contributed by atoms with E-state index in [0.717, 1.165) is 17.4 Å². The first kappa shape index (κ1) is 19.0. The van der Waals surface area contributed by atoms with Crippen molar-refractivity contribution in [3.05, 3.63) is 41.3 Å². The first-order valence-electron chi connectivity index (χ1n) is 8.22. The molecule has 26 heavy (non-hydrogen) atoms. The van der Waals surface area contributed by atoms with Crippen molar-refractivity contribution in [3.8, 4) is 0 Å². The number of aryl methyl sites for hydroxylation is 1. The molecule has 8 nitrogen and oxygen atoms in total. The normalized spacial score (nSPS) is 17.5. The lowest BCUT2D eigenvalue weighted by Crippen LogP contribution is -2.38. The summed E-state index contributed by atoms with van der Waals surface area (Å²) in [5, 5.41) is 6.96. The Kier molecular flexibility index (Phi) is 5.18. The molecule has 0 atom stereocenters. The molecule has 0 saturated carbocycles. The van der Waals surface area contributed by atoms with Gasteiger partial charge in [0, 0.05) is 25.3 Å². The number of hydrogen-bond donors (Lipinski definition) is 0. The minimum atomic E-state index is -3.54. The minimum Gasteiger partial charge on any atom is -0.412 e. The smallest absolute Gasteiger partial charge is 0.335 e. The van der Waals surface area contributed by atoms with Gasteiger partial charge in [0.15, 0.2) is 0 Å². The highest BCUT2D eigenvalue weighted by Crippen LogP contribution is 2.29. The highest BCUT2D eigenvalue weighted by atomic mass is 32.2. The van der Waals surface area contributed by atoms with E-state index in [4.69, 9.17) is 4.42 Å². The van der Waals surface area contributed by atoms with Crippen molar-refractivity contribution >= 4 is 19.9 Å². The van der Waals surface area contributed by atoms with Gasteiger partial charge >= 0.3 is 5.22 Å². The first-order chi connectivity index (χ1) is 12.1. The van der Waals surface area contributed by atoms with Gasteiger partial charge in [-0.15, -0.1) is 5.10 Å². The van der Waals surface area contributed by atoms with Crippen molar-refractivity contribution in [2.75, 3.05) is 19.3 Å². The van der Waals surface area contributed by atoms with E-state index < -0.39 is 25.1 Å². The Morgan fingerprint density at radius 3 is 2.42 bits per heavy atom. The van der Waals surface area contributed by atoms with Gasteiger partial charge in [-0.25, -0.2) is 21.1 Å². The van der Waals surface area contributed by atoms with Crippen LogP contribution in [0.2, 0.25) is 0 Å². The van der Waals surface area contributed by atoms with Crippen LogP contribution < -0.4 is 0 Å². The van der Waals surface area contributed by atoms with Crippen molar-refractivity contribution in [2.45, 2.75) is 36.7 Å². The molecule has 0 bridgehead atoms. The average molecular weight is 399 g/mol. The number of sulfonamides is 1. The number of hydrogen-bond acceptors (Lipinski definition) is 7. The van der Waals surface area contributed by atoms with E-state index in [1.165, 1.54) is 4.31 Å². The first-order valence-corrected chi connectivity index (χ1v) is 11.7.